The van der Waals surface area contributed by atoms with E-state index in [2.05, 4.69) is 20.4 Å². The van der Waals surface area contributed by atoms with Crippen LogP contribution in [0.1, 0.15) is 22.8 Å². The maximum Gasteiger partial charge on any atom is 0.453 e. The molecule has 0 aliphatic rings. The number of rotatable bonds is 5. The molecule has 2 heterocycles. The summed E-state index contributed by atoms with van der Waals surface area (Å²) in [6, 6.07) is 6.81. The predicted octanol–water partition coefficient (Wildman–Crippen LogP) is 3.52. The number of nitrogens with one attached hydrogen (secondary N) is 3. The normalized spacial score (nSPS) is 11.4. The molecule has 0 amide bonds. The lowest BCUT2D eigenvalue weighted by Crippen LogP contribution is -2.13. The molecule has 0 spiro atoms. The van der Waals surface area contributed by atoms with Crippen LogP contribution in [0.3, 0.4) is 0 Å². The van der Waals surface area contributed by atoms with Crippen LogP contribution in [-0.2, 0) is 12.7 Å². The highest BCUT2D eigenvalue weighted by Crippen LogP contribution is 2.26. The quantitative estimate of drug-likeness (QED) is 0.465. The van der Waals surface area contributed by atoms with E-state index >= 15 is 0 Å². The van der Waals surface area contributed by atoms with Gasteiger partial charge >= 0.3 is 6.18 Å². The first kappa shape index (κ1) is 18.4. The van der Waals surface area contributed by atoms with E-state index in [1.165, 1.54) is 18.2 Å². The van der Waals surface area contributed by atoms with Crippen LogP contribution in [0.15, 0.2) is 36.5 Å². The number of alkyl halides is 3. The van der Waals surface area contributed by atoms with E-state index in [9.17, 15) is 22.0 Å². The Morgan fingerprint density at radius 2 is 1.93 bits per heavy atom. The third kappa shape index (κ3) is 4.07. The molecule has 140 valence electrons. The van der Waals surface area contributed by atoms with E-state index in [1.54, 1.807) is 6.07 Å². The third-order valence-corrected chi connectivity index (χ3v) is 3.50. The molecule has 1 aromatic carbocycles. The van der Waals surface area contributed by atoms with Crippen molar-refractivity contribution >= 4 is 11.5 Å². The van der Waals surface area contributed by atoms with Gasteiger partial charge in [-0.25, -0.2) is 18.7 Å². The average molecular weight is 382 g/mol. The molecule has 0 saturated heterocycles. The Hall–Kier alpha value is -3.37. The summed E-state index contributed by atoms with van der Waals surface area (Å²) in [4.78, 5) is 7.00. The van der Waals surface area contributed by atoms with Gasteiger partial charge in [-0.15, -0.1) is 5.10 Å². The molecule has 11 heteroatoms. The van der Waals surface area contributed by atoms with Gasteiger partial charge in [0, 0.05) is 17.7 Å². The zero-order valence-electron chi connectivity index (χ0n) is 13.4. The van der Waals surface area contributed by atoms with Crippen LogP contribution in [0.2, 0.25) is 0 Å². The van der Waals surface area contributed by atoms with Crippen molar-refractivity contribution in [1.29, 1.82) is 5.41 Å². The first-order valence-electron chi connectivity index (χ1n) is 7.47. The number of aromatic nitrogens is 4. The van der Waals surface area contributed by atoms with Crippen molar-refractivity contribution in [2.24, 2.45) is 0 Å². The predicted molar refractivity (Wildman–Crippen MR) is 85.2 cm³/mol. The fourth-order valence-corrected chi connectivity index (χ4v) is 2.22. The molecule has 0 unspecified atom stereocenters. The molecule has 0 bridgehead atoms. The minimum atomic E-state index is -4.79. The third-order valence-electron chi connectivity index (χ3n) is 3.50. The second-order valence-electron chi connectivity index (χ2n) is 5.38. The summed E-state index contributed by atoms with van der Waals surface area (Å²) in [6.07, 6.45) is -3.93. The number of nitrogens with zero attached hydrogens (tertiary/aromatic N) is 3. The van der Waals surface area contributed by atoms with E-state index in [4.69, 9.17) is 5.41 Å². The van der Waals surface area contributed by atoms with Crippen molar-refractivity contribution in [2.75, 3.05) is 5.32 Å². The van der Waals surface area contributed by atoms with Crippen molar-refractivity contribution < 1.29 is 22.0 Å². The SMILES string of the molecule is N=C(c1nc(C(F)(F)F)n[nH]1)c1cc(F)cnc1NCc1ccccc1F. The Morgan fingerprint density at radius 3 is 2.59 bits per heavy atom. The van der Waals surface area contributed by atoms with Crippen LogP contribution in [-0.4, -0.2) is 25.9 Å². The van der Waals surface area contributed by atoms with E-state index < -0.39 is 35.2 Å². The smallest absolute Gasteiger partial charge is 0.365 e. The molecule has 3 aromatic rings. The van der Waals surface area contributed by atoms with Gasteiger partial charge in [0.1, 0.15) is 23.2 Å². The van der Waals surface area contributed by atoms with Crippen molar-refractivity contribution in [3.63, 3.8) is 0 Å². The lowest BCUT2D eigenvalue weighted by molar-refractivity contribution is -0.144. The summed E-state index contributed by atoms with van der Waals surface area (Å²) in [5.74, 6) is -3.26. The summed E-state index contributed by atoms with van der Waals surface area (Å²) < 4.78 is 65.1. The van der Waals surface area contributed by atoms with Crippen LogP contribution < -0.4 is 5.32 Å². The molecule has 27 heavy (non-hydrogen) atoms. The highest BCUT2D eigenvalue weighted by Gasteiger charge is 2.36. The fourth-order valence-electron chi connectivity index (χ4n) is 2.22. The lowest BCUT2D eigenvalue weighted by atomic mass is 10.1. The Balaban J connectivity index is 1.88. The van der Waals surface area contributed by atoms with Crippen LogP contribution in [0.25, 0.3) is 0 Å². The fraction of sp³-hybridized carbons (Fsp3) is 0.125. The summed E-state index contributed by atoms with van der Waals surface area (Å²) >= 11 is 0. The Bertz CT molecular complexity index is 981. The van der Waals surface area contributed by atoms with E-state index in [0.29, 0.717) is 5.56 Å². The van der Waals surface area contributed by atoms with E-state index in [-0.39, 0.29) is 17.9 Å². The van der Waals surface area contributed by atoms with Gasteiger partial charge < -0.3 is 5.32 Å². The highest BCUT2D eigenvalue weighted by molar-refractivity contribution is 6.11. The summed E-state index contributed by atoms with van der Waals surface area (Å²) in [6.45, 7) is -0.0320. The molecule has 0 atom stereocenters. The molecule has 6 nitrogen and oxygen atoms in total. The number of anilines is 1. The minimum Gasteiger partial charge on any atom is -0.365 e. The number of pyridine rings is 1. The number of aromatic amines is 1. The number of hydrogen-bond donors (Lipinski definition) is 3. The maximum absolute atomic E-state index is 13.7. The molecule has 0 radical (unpaired) electrons. The Labute approximate surface area is 149 Å². The first-order valence-corrected chi connectivity index (χ1v) is 7.47. The van der Waals surface area contributed by atoms with Crippen molar-refractivity contribution in [3.05, 3.63) is 70.9 Å². The van der Waals surface area contributed by atoms with Gasteiger partial charge in [0.25, 0.3) is 5.82 Å². The molecule has 2 aromatic heterocycles. The van der Waals surface area contributed by atoms with E-state index in [1.807, 2.05) is 5.10 Å². The van der Waals surface area contributed by atoms with Gasteiger partial charge in [0.2, 0.25) is 0 Å². The molecule has 3 rings (SSSR count). The van der Waals surface area contributed by atoms with Crippen molar-refractivity contribution in [3.8, 4) is 0 Å². The second kappa shape index (κ2) is 7.09. The van der Waals surface area contributed by atoms with Crippen LogP contribution in [0, 0.1) is 17.0 Å². The number of H-pyrrole nitrogens is 1. The molecular weight excluding hydrogens is 371 g/mol. The molecule has 3 N–H and O–H groups in total. The Kier molecular flexibility index (Phi) is 4.84. The van der Waals surface area contributed by atoms with Gasteiger partial charge in [0.15, 0.2) is 5.82 Å². The van der Waals surface area contributed by atoms with Gasteiger partial charge in [0.05, 0.1) is 6.20 Å². The second-order valence-corrected chi connectivity index (χ2v) is 5.38. The van der Waals surface area contributed by atoms with Crippen molar-refractivity contribution in [1.82, 2.24) is 20.2 Å². The van der Waals surface area contributed by atoms with Gasteiger partial charge in [-0.05, 0) is 12.1 Å². The zero-order chi connectivity index (χ0) is 19.6. The zero-order valence-corrected chi connectivity index (χ0v) is 13.4. The number of benzene rings is 1. The number of halogens is 5. The standard InChI is InChI=1S/C16H11F5N6/c17-9-5-10(12(22)14-25-15(27-26-14)16(19,20)21)13(24-7-9)23-6-8-3-1-2-4-11(8)18/h1-5,7,22H,6H2,(H,23,24)(H,25,26,27). The van der Waals surface area contributed by atoms with Crippen molar-refractivity contribution in [2.45, 2.75) is 12.7 Å². The minimum absolute atomic E-state index is 0.0189. The van der Waals surface area contributed by atoms with Gasteiger partial charge in [-0.2, -0.15) is 13.2 Å². The van der Waals surface area contributed by atoms with E-state index in [0.717, 1.165) is 12.3 Å². The van der Waals surface area contributed by atoms with Gasteiger partial charge in [-0.1, -0.05) is 18.2 Å². The monoisotopic (exact) mass is 382 g/mol. The average Bonchev–Trinajstić information content (AvgIpc) is 3.12. The molecule has 0 fully saturated rings. The highest BCUT2D eigenvalue weighted by atomic mass is 19.4. The lowest BCUT2D eigenvalue weighted by Gasteiger charge is -2.11. The summed E-state index contributed by atoms with van der Waals surface area (Å²) in [7, 11) is 0. The molecular formula is C16H11F5N6. The topological polar surface area (TPSA) is 90.3 Å². The number of hydrogen-bond acceptors (Lipinski definition) is 5. The first-order chi connectivity index (χ1) is 12.8. The van der Waals surface area contributed by atoms with Gasteiger partial charge in [-0.3, -0.25) is 10.5 Å². The molecule has 0 saturated carbocycles. The van der Waals surface area contributed by atoms with Crippen LogP contribution >= 0.6 is 0 Å². The summed E-state index contributed by atoms with van der Waals surface area (Å²) in [5.41, 5.74) is -0.419. The molecule has 0 aliphatic carbocycles. The van der Waals surface area contributed by atoms with Crippen LogP contribution in [0.4, 0.5) is 27.8 Å². The summed E-state index contributed by atoms with van der Waals surface area (Å²) in [5, 5.41) is 15.8. The molecule has 0 aliphatic heterocycles. The maximum atomic E-state index is 13.7. The van der Waals surface area contributed by atoms with Crippen LogP contribution in [0.5, 0.6) is 0 Å². The largest absolute Gasteiger partial charge is 0.453 e. The Morgan fingerprint density at radius 1 is 1.19 bits per heavy atom.